The molecule has 0 aliphatic rings. The molecule has 8 heteroatoms. The summed E-state index contributed by atoms with van der Waals surface area (Å²) in [6, 6.07) is 3.56. The minimum Gasteiger partial charge on any atom is -0.305 e. The van der Waals surface area contributed by atoms with Gasteiger partial charge in [-0.3, -0.25) is 4.79 Å². The van der Waals surface area contributed by atoms with Crippen molar-refractivity contribution in [2.75, 3.05) is 11.6 Å². The molecule has 2 rings (SSSR count). The van der Waals surface area contributed by atoms with Crippen molar-refractivity contribution in [2.24, 2.45) is 0 Å². The summed E-state index contributed by atoms with van der Waals surface area (Å²) in [5, 5.41) is 3.34. The van der Waals surface area contributed by atoms with Crippen LogP contribution in [0.3, 0.4) is 0 Å². The van der Waals surface area contributed by atoms with Gasteiger partial charge in [0.05, 0.1) is 11.2 Å². The zero-order chi connectivity index (χ0) is 13.8. The average molecular weight is 407 g/mol. The minimum atomic E-state index is -0.406. The molecule has 2 aromatic heterocycles. The Balaban J connectivity index is 2.22. The molecule has 1 N–H and O–H groups in total. The maximum absolute atomic E-state index is 12.1. The number of carbonyl (C=O) groups is 1. The molecule has 0 unspecified atom stereocenters. The Morgan fingerprint density at radius 3 is 2.79 bits per heavy atom. The monoisotopic (exact) mass is 406 g/mol. The zero-order valence-electron chi connectivity index (χ0n) is 9.72. The van der Waals surface area contributed by atoms with E-state index >= 15 is 0 Å². The molecule has 0 spiro atoms. The lowest BCUT2D eigenvalue weighted by Crippen LogP contribution is -2.16. The van der Waals surface area contributed by atoms with E-state index in [0.29, 0.717) is 11.0 Å². The van der Waals surface area contributed by atoms with Crippen molar-refractivity contribution in [2.45, 2.75) is 5.16 Å². The minimum absolute atomic E-state index is 0.140. The van der Waals surface area contributed by atoms with Crippen LogP contribution in [-0.2, 0) is 0 Å². The van der Waals surface area contributed by atoms with Crippen LogP contribution in [0.5, 0.6) is 0 Å². The number of nitrogens with one attached hydrogen (secondary N) is 1. The summed E-state index contributed by atoms with van der Waals surface area (Å²) >= 11 is 9.40. The Bertz CT molecular complexity index is 608. The lowest BCUT2D eigenvalue weighted by Gasteiger charge is -2.06. The van der Waals surface area contributed by atoms with Crippen LogP contribution < -0.4 is 5.32 Å². The van der Waals surface area contributed by atoms with Gasteiger partial charge < -0.3 is 5.32 Å². The van der Waals surface area contributed by atoms with E-state index in [1.165, 1.54) is 18.0 Å². The number of hydrogen-bond acceptors (Lipinski definition) is 5. The highest BCUT2D eigenvalue weighted by atomic mass is 127. The summed E-state index contributed by atoms with van der Waals surface area (Å²) in [6.07, 6.45) is 4.90. The second kappa shape index (κ2) is 6.49. The van der Waals surface area contributed by atoms with Gasteiger partial charge in [0, 0.05) is 9.77 Å². The fourth-order valence-electron chi connectivity index (χ4n) is 1.23. The first kappa shape index (κ1) is 14.5. The third kappa shape index (κ3) is 3.77. The summed E-state index contributed by atoms with van der Waals surface area (Å²) in [5.74, 6) is 0.0437. The first-order valence-corrected chi connectivity index (χ1v) is 7.77. The predicted molar refractivity (Wildman–Crippen MR) is 83.7 cm³/mol. The van der Waals surface area contributed by atoms with Crippen LogP contribution >= 0.6 is 46.0 Å². The van der Waals surface area contributed by atoms with Crippen molar-refractivity contribution in [3.63, 3.8) is 0 Å². The number of amides is 1. The third-order valence-corrected chi connectivity index (χ3v) is 3.57. The van der Waals surface area contributed by atoms with E-state index in [0.717, 1.165) is 3.57 Å². The van der Waals surface area contributed by atoms with E-state index in [1.807, 2.05) is 12.3 Å². The SMILES string of the molecule is CSc1ncc(Cl)c(C(=O)Nc2ccc(I)cn2)n1. The molecule has 0 aliphatic heterocycles. The molecule has 5 nitrogen and oxygen atoms in total. The van der Waals surface area contributed by atoms with Gasteiger partial charge >= 0.3 is 0 Å². The molecule has 0 aromatic carbocycles. The smallest absolute Gasteiger partial charge is 0.277 e. The van der Waals surface area contributed by atoms with Crippen LogP contribution in [0.15, 0.2) is 29.7 Å². The van der Waals surface area contributed by atoms with Gasteiger partial charge in [0.15, 0.2) is 10.9 Å². The van der Waals surface area contributed by atoms with Gasteiger partial charge in [-0.25, -0.2) is 15.0 Å². The number of pyridine rings is 1. The number of carbonyl (C=O) groups excluding carboxylic acids is 1. The number of nitrogens with zero attached hydrogens (tertiary/aromatic N) is 3. The number of thioether (sulfide) groups is 1. The van der Waals surface area contributed by atoms with E-state index in [2.05, 4.69) is 42.9 Å². The molecule has 1 amide bonds. The first-order chi connectivity index (χ1) is 9.10. The van der Waals surface area contributed by atoms with Gasteiger partial charge in [0.25, 0.3) is 5.91 Å². The standard InChI is InChI=1S/C11H8ClIN4OS/c1-19-11-15-5-7(12)9(17-11)10(18)16-8-3-2-6(13)4-14-8/h2-5H,1H3,(H,14,16,18). The topological polar surface area (TPSA) is 67.8 Å². The number of anilines is 1. The molecule has 19 heavy (non-hydrogen) atoms. The van der Waals surface area contributed by atoms with Crippen LogP contribution in [0.25, 0.3) is 0 Å². The second-order valence-electron chi connectivity index (χ2n) is 3.37. The van der Waals surface area contributed by atoms with Crippen LogP contribution in [0.1, 0.15) is 10.5 Å². The summed E-state index contributed by atoms with van der Waals surface area (Å²) in [5.41, 5.74) is 0.140. The maximum Gasteiger partial charge on any atom is 0.277 e. The van der Waals surface area contributed by atoms with E-state index in [4.69, 9.17) is 11.6 Å². The van der Waals surface area contributed by atoms with Crippen LogP contribution in [0.4, 0.5) is 5.82 Å². The molecule has 0 atom stereocenters. The van der Waals surface area contributed by atoms with Gasteiger partial charge in [-0.05, 0) is 41.0 Å². The fourth-order valence-corrected chi connectivity index (χ4v) is 2.07. The van der Waals surface area contributed by atoms with Gasteiger partial charge in [-0.1, -0.05) is 23.4 Å². The summed E-state index contributed by atoms with van der Waals surface area (Å²) < 4.78 is 0.986. The van der Waals surface area contributed by atoms with Crippen LogP contribution in [-0.4, -0.2) is 27.1 Å². The second-order valence-corrected chi connectivity index (χ2v) is 5.80. The van der Waals surface area contributed by atoms with Gasteiger partial charge in [0.1, 0.15) is 5.82 Å². The normalized spacial score (nSPS) is 10.3. The van der Waals surface area contributed by atoms with Crippen molar-refractivity contribution in [1.82, 2.24) is 15.0 Å². The first-order valence-electron chi connectivity index (χ1n) is 5.09. The summed E-state index contributed by atoms with van der Waals surface area (Å²) in [7, 11) is 0. The third-order valence-electron chi connectivity index (χ3n) is 2.09. The Hall–Kier alpha value is -0.930. The Morgan fingerprint density at radius 2 is 2.16 bits per heavy atom. The highest BCUT2D eigenvalue weighted by molar-refractivity contribution is 14.1. The van der Waals surface area contributed by atoms with Crippen molar-refractivity contribution in [1.29, 1.82) is 0 Å². The van der Waals surface area contributed by atoms with E-state index in [-0.39, 0.29) is 10.7 Å². The van der Waals surface area contributed by atoms with E-state index in [1.54, 1.807) is 12.3 Å². The number of halogens is 2. The molecule has 98 valence electrons. The molecule has 0 saturated carbocycles. The average Bonchev–Trinajstić information content (AvgIpc) is 2.42. The molecule has 0 radical (unpaired) electrons. The van der Waals surface area contributed by atoms with Gasteiger partial charge in [0.2, 0.25) is 0 Å². The van der Waals surface area contributed by atoms with Crippen molar-refractivity contribution >= 4 is 57.7 Å². The van der Waals surface area contributed by atoms with Crippen molar-refractivity contribution in [3.8, 4) is 0 Å². The van der Waals surface area contributed by atoms with Crippen LogP contribution in [0.2, 0.25) is 5.02 Å². The summed E-state index contributed by atoms with van der Waals surface area (Å²) in [4.78, 5) is 24.2. The Morgan fingerprint density at radius 1 is 1.37 bits per heavy atom. The fraction of sp³-hybridized carbons (Fsp3) is 0.0909. The molecule has 0 aliphatic carbocycles. The van der Waals surface area contributed by atoms with Crippen LogP contribution in [0, 0.1) is 3.57 Å². The molecule has 0 fully saturated rings. The number of rotatable bonds is 3. The van der Waals surface area contributed by atoms with Gasteiger partial charge in [-0.2, -0.15) is 0 Å². The van der Waals surface area contributed by atoms with Crippen molar-refractivity contribution in [3.05, 3.63) is 38.8 Å². The lowest BCUT2D eigenvalue weighted by molar-refractivity contribution is 0.102. The maximum atomic E-state index is 12.1. The largest absolute Gasteiger partial charge is 0.305 e. The number of hydrogen-bond donors (Lipinski definition) is 1. The summed E-state index contributed by atoms with van der Waals surface area (Å²) in [6.45, 7) is 0. The predicted octanol–water partition coefficient (Wildman–Crippen LogP) is 3.10. The molecular weight excluding hydrogens is 399 g/mol. The highest BCUT2D eigenvalue weighted by Gasteiger charge is 2.14. The molecular formula is C11H8ClIN4OS. The Kier molecular flexibility index (Phi) is 4.94. The lowest BCUT2D eigenvalue weighted by atomic mass is 10.3. The highest BCUT2D eigenvalue weighted by Crippen LogP contribution is 2.17. The number of aromatic nitrogens is 3. The molecule has 0 bridgehead atoms. The molecule has 2 heterocycles. The Labute approximate surface area is 132 Å². The van der Waals surface area contributed by atoms with Gasteiger partial charge in [-0.15, -0.1) is 0 Å². The van der Waals surface area contributed by atoms with E-state index < -0.39 is 5.91 Å². The zero-order valence-corrected chi connectivity index (χ0v) is 13.5. The quantitative estimate of drug-likeness (QED) is 0.482. The van der Waals surface area contributed by atoms with E-state index in [9.17, 15) is 4.79 Å². The molecule has 0 saturated heterocycles. The van der Waals surface area contributed by atoms with Crippen molar-refractivity contribution < 1.29 is 4.79 Å². The molecule has 2 aromatic rings.